The van der Waals surface area contributed by atoms with Crippen molar-refractivity contribution >= 4 is 40.2 Å². The average Bonchev–Trinajstić information content (AvgIpc) is 1.94. The summed E-state index contributed by atoms with van der Waals surface area (Å²) in [4.78, 5) is 14.5. The number of rotatable bonds is 1. The molecule has 0 fully saturated rings. The molecule has 0 radical (unpaired) electrons. The lowest BCUT2D eigenvalue weighted by Gasteiger charge is -2.02. The first-order chi connectivity index (χ1) is 5.59. The van der Waals surface area contributed by atoms with Crippen molar-refractivity contribution in [1.82, 2.24) is 4.98 Å². The number of pyridine rings is 1. The number of ether oxygens (including phenoxy) is 1. The van der Waals surface area contributed by atoms with Gasteiger partial charge in [0.25, 0.3) is 0 Å². The summed E-state index contributed by atoms with van der Waals surface area (Å²) in [7, 11) is 0. The lowest BCUT2D eigenvalue weighted by molar-refractivity contribution is -0.131. The van der Waals surface area contributed by atoms with Gasteiger partial charge in [-0.2, -0.15) is 0 Å². The molecule has 64 valence electrons. The van der Waals surface area contributed by atoms with E-state index in [2.05, 4.69) is 4.98 Å². The zero-order chi connectivity index (χ0) is 9.14. The molecule has 0 amide bonds. The van der Waals surface area contributed by atoms with Crippen LogP contribution >= 0.6 is 34.2 Å². The normalized spacial score (nSPS) is 9.58. The van der Waals surface area contributed by atoms with E-state index in [1.807, 2.05) is 22.6 Å². The van der Waals surface area contributed by atoms with Gasteiger partial charge in [0.15, 0.2) is 5.75 Å². The Kier molecular flexibility index (Phi) is 3.28. The van der Waals surface area contributed by atoms with E-state index >= 15 is 0 Å². The number of halogens is 2. The van der Waals surface area contributed by atoms with Gasteiger partial charge in [0, 0.05) is 6.92 Å². The fourth-order valence-corrected chi connectivity index (χ4v) is 1.47. The first-order valence-electron chi connectivity index (χ1n) is 3.10. The Bertz CT molecular complexity index is 316. The first-order valence-corrected chi connectivity index (χ1v) is 4.55. The first kappa shape index (κ1) is 9.73. The topological polar surface area (TPSA) is 39.2 Å². The van der Waals surface area contributed by atoms with Crippen molar-refractivity contribution in [2.75, 3.05) is 0 Å². The van der Waals surface area contributed by atoms with Gasteiger partial charge in [-0.15, -0.1) is 0 Å². The zero-order valence-corrected chi connectivity index (χ0v) is 9.09. The third kappa shape index (κ3) is 2.60. The smallest absolute Gasteiger partial charge is 0.308 e. The predicted octanol–water partition coefficient (Wildman–Crippen LogP) is 2.26. The van der Waals surface area contributed by atoms with Crippen LogP contribution < -0.4 is 4.74 Å². The lowest BCUT2D eigenvalue weighted by Crippen LogP contribution is -2.03. The molecular formula is C7H5ClINO2. The molecule has 12 heavy (non-hydrogen) atoms. The Morgan fingerprint density at radius 1 is 1.67 bits per heavy atom. The summed E-state index contributed by atoms with van der Waals surface area (Å²) in [6.45, 7) is 1.34. The summed E-state index contributed by atoms with van der Waals surface area (Å²) in [6.07, 6.45) is 0. The Hall–Kier alpha value is -0.360. The third-order valence-corrected chi connectivity index (χ3v) is 2.02. The van der Waals surface area contributed by atoms with Crippen molar-refractivity contribution in [2.45, 2.75) is 6.92 Å². The van der Waals surface area contributed by atoms with Gasteiger partial charge in [-0.1, -0.05) is 11.6 Å². The monoisotopic (exact) mass is 297 g/mol. The fraction of sp³-hybridized carbons (Fsp3) is 0.143. The van der Waals surface area contributed by atoms with Crippen molar-refractivity contribution in [1.29, 1.82) is 0 Å². The second-order valence-electron chi connectivity index (χ2n) is 2.02. The van der Waals surface area contributed by atoms with Crippen molar-refractivity contribution in [3.05, 3.63) is 21.0 Å². The van der Waals surface area contributed by atoms with Crippen LogP contribution in [0.3, 0.4) is 0 Å². The van der Waals surface area contributed by atoms with Crippen LogP contribution in [0.2, 0.25) is 5.15 Å². The van der Waals surface area contributed by atoms with E-state index in [0.717, 1.165) is 0 Å². The molecule has 1 aromatic rings. The molecule has 0 aromatic carbocycles. The number of esters is 1. The lowest BCUT2D eigenvalue weighted by atomic mass is 10.5. The second-order valence-corrected chi connectivity index (χ2v) is 3.43. The molecule has 3 nitrogen and oxygen atoms in total. The molecule has 0 bridgehead atoms. The molecule has 0 saturated carbocycles. The molecule has 0 aliphatic heterocycles. The summed E-state index contributed by atoms with van der Waals surface area (Å²) in [6, 6.07) is 3.18. The quantitative estimate of drug-likeness (QED) is 0.453. The minimum Gasteiger partial charge on any atom is -0.424 e. The van der Waals surface area contributed by atoms with Gasteiger partial charge in [0.05, 0.1) is 0 Å². The highest BCUT2D eigenvalue weighted by atomic mass is 127. The number of hydrogen-bond donors (Lipinski definition) is 0. The highest BCUT2D eigenvalue weighted by molar-refractivity contribution is 14.1. The van der Waals surface area contributed by atoms with Crippen LogP contribution in [0.25, 0.3) is 0 Å². The average molecular weight is 297 g/mol. The summed E-state index contributed by atoms with van der Waals surface area (Å²) >= 11 is 7.54. The molecular weight excluding hydrogens is 292 g/mol. The zero-order valence-electron chi connectivity index (χ0n) is 6.17. The van der Waals surface area contributed by atoms with E-state index in [0.29, 0.717) is 14.6 Å². The molecule has 0 aliphatic carbocycles. The predicted molar refractivity (Wildman–Crippen MR) is 53.3 cm³/mol. The van der Waals surface area contributed by atoms with E-state index in [1.54, 1.807) is 12.1 Å². The van der Waals surface area contributed by atoms with Crippen LogP contribution in [0, 0.1) is 3.70 Å². The molecule has 1 rings (SSSR count). The van der Waals surface area contributed by atoms with Gasteiger partial charge in [0.2, 0.25) is 0 Å². The highest BCUT2D eigenvalue weighted by Gasteiger charge is 2.04. The molecule has 0 spiro atoms. The van der Waals surface area contributed by atoms with Gasteiger partial charge in [-0.3, -0.25) is 4.79 Å². The molecule has 0 N–H and O–H groups in total. The van der Waals surface area contributed by atoms with Crippen molar-refractivity contribution in [2.24, 2.45) is 0 Å². The maximum atomic E-state index is 10.6. The minimum absolute atomic E-state index is 0.364. The number of carbonyl (C=O) groups is 1. The van der Waals surface area contributed by atoms with Gasteiger partial charge in [-0.05, 0) is 34.7 Å². The minimum atomic E-state index is -0.364. The van der Waals surface area contributed by atoms with Crippen LogP contribution in [-0.2, 0) is 4.79 Å². The molecule has 0 unspecified atom stereocenters. The van der Waals surface area contributed by atoms with E-state index < -0.39 is 0 Å². The molecule has 0 saturated heterocycles. The summed E-state index contributed by atoms with van der Waals surface area (Å²) < 4.78 is 5.41. The summed E-state index contributed by atoms with van der Waals surface area (Å²) in [5.74, 6) is 0.0736. The molecule has 5 heteroatoms. The Balaban J connectivity index is 2.93. The molecule has 1 aromatic heterocycles. The third-order valence-electron chi connectivity index (χ3n) is 1.03. The van der Waals surface area contributed by atoms with Gasteiger partial charge < -0.3 is 4.74 Å². The van der Waals surface area contributed by atoms with E-state index in [1.165, 1.54) is 6.92 Å². The standard InChI is InChI=1S/C7H5ClINO2/c1-4(11)12-5-2-3-6(8)10-7(5)9/h2-3H,1H3. The van der Waals surface area contributed by atoms with E-state index in [-0.39, 0.29) is 5.97 Å². The number of carbonyl (C=O) groups excluding carboxylic acids is 1. The maximum absolute atomic E-state index is 10.6. The summed E-state index contributed by atoms with van der Waals surface area (Å²) in [5, 5.41) is 0.385. The number of nitrogens with zero attached hydrogens (tertiary/aromatic N) is 1. The van der Waals surface area contributed by atoms with E-state index in [4.69, 9.17) is 16.3 Å². The van der Waals surface area contributed by atoms with Gasteiger partial charge in [-0.25, -0.2) is 4.98 Å². The SMILES string of the molecule is CC(=O)Oc1ccc(Cl)nc1I. The number of aromatic nitrogens is 1. The van der Waals surface area contributed by atoms with Gasteiger partial charge in [0.1, 0.15) is 8.85 Å². The Labute approximate surface area is 88.2 Å². The highest BCUT2D eigenvalue weighted by Crippen LogP contribution is 2.20. The van der Waals surface area contributed by atoms with Crippen molar-refractivity contribution < 1.29 is 9.53 Å². The molecule has 0 atom stereocenters. The van der Waals surface area contributed by atoms with Crippen molar-refractivity contribution in [3.63, 3.8) is 0 Å². The molecule has 0 aliphatic rings. The summed E-state index contributed by atoms with van der Waals surface area (Å²) in [5.41, 5.74) is 0. The van der Waals surface area contributed by atoms with Crippen LogP contribution in [0.15, 0.2) is 12.1 Å². The van der Waals surface area contributed by atoms with Crippen LogP contribution in [0.5, 0.6) is 5.75 Å². The van der Waals surface area contributed by atoms with Gasteiger partial charge >= 0.3 is 5.97 Å². The fourth-order valence-electron chi connectivity index (χ4n) is 0.630. The second kappa shape index (κ2) is 4.04. The Morgan fingerprint density at radius 3 is 2.83 bits per heavy atom. The van der Waals surface area contributed by atoms with Crippen LogP contribution in [0.4, 0.5) is 0 Å². The van der Waals surface area contributed by atoms with E-state index in [9.17, 15) is 4.79 Å². The maximum Gasteiger partial charge on any atom is 0.308 e. The molecule has 1 heterocycles. The van der Waals surface area contributed by atoms with Crippen molar-refractivity contribution in [3.8, 4) is 5.75 Å². The largest absolute Gasteiger partial charge is 0.424 e. The Morgan fingerprint density at radius 2 is 2.33 bits per heavy atom. The number of hydrogen-bond acceptors (Lipinski definition) is 3. The van der Waals surface area contributed by atoms with Crippen LogP contribution in [0.1, 0.15) is 6.92 Å². The van der Waals surface area contributed by atoms with Crippen LogP contribution in [-0.4, -0.2) is 11.0 Å².